The lowest BCUT2D eigenvalue weighted by Crippen LogP contribution is -2.59. The Morgan fingerprint density at radius 3 is 1.74 bits per heavy atom. The average molecular weight is 521 g/mol. The topological polar surface area (TPSA) is 24.1 Å². The summed E-state index contributed by atoms with van der Waals surface area (Å²) in [6.07, 6.45) is 9.12. The van der Waals surface area contributed by atoms with E-state index >= 15 is 0 Å². The van der Waals surface area contributed by atoms with Gasteiger partial charge in [0.15, 0.2) is 0 Å². The third-order valence-electron chi connectivity index (χ3n) is 8.16. The van der Waals surface area contributed by atoms with Crippen LogP contribution in [0.4, 0.5) is 0 Å². The second-order valence-corrected chi connectivity index (χ2v) is 23.9. The Morgan fingerprint density at radius 2 is 1.35 bits per heavy atom. The van der Waals surface area contributed by atoms with Crippen molar-refractivity contribution in [3.05, 3.63) is 29.3 Å². The average Bonchev–Trinajstić information content (AvgIpc) is 2.76. The summed E-state index contributed by atoms with van der Waals surface area (Å²) in [6, 6.07) is 8.78. The van der Waals surface area contributed by atoms with Gasteiger partial charge in [-0.1, -0.05) is 105 Å². The fourth-order valence-corrected chi connectivity index (χ4v) is 11.9. The largest absolute Gasteiger partial charge is 0.313 e. The number of nitrogens with one attached hydrogen (secondary N) is 2. The van der Waals surface area contributed by atoms with Gasteiger partial charge in [-0.3, -0.25) is 0 Å². The molecular weight excluding hydrogens is 466 g/mol. The van der Waals surface area contributed by atoms with E-state index in [1.165, 1.54) is 44.7 Å². The minimum atomic E-state index is -1.42. The molecule has 0 saturated carbocycles. The number of hydrogen-bond donors (Lipinski definition) is 2. The Morgan fingerprint density at radius 1 is 0.853 bits per heavy atom. The van der Waals surface area contributed by atoms with Gasteiger partial charge in [0.25, 0.3) is 0 Å². The quantitative estimate of drug-likeness (QED) is 0.307. The molecule has 2 N–H and O–H groups in total. The van der Waals surface area contributed by atoms with Gasteiger partial charge < -0.3 is 10.6 Å². The van der Waals surface area contributed by atoms with Crippen molar-refractivity contribution in [2.75, 3.05) is 13.1 Å². The van der Waals surface area contributed by atoms with Gasteiger partial charge in [0.2, 0.25) is 0 Å². The zero-order valence-electron chi connectivity index (χ0n) is 23.8. The summed E-state index contributed by atoms with van der Waals surface area (Å²) in [4.78, 5) is 0. The summed E-state index contributed by atoms with van der Waals surface area (Å²) >= 11 is 0. The Bertz CT molecular complexity index is 775. The highest BCUT2D eigenvalue weighted by atomic mass is 31.1. The van der Waals surface area contributed by atoms with E-state index in [-0.39, 0.29) is 13.1 Å². The summed E-state index contributed by atoms with van der Waals surface area (Å²) in [5, 5.41) is 10.3. The standard InChI is InChI=1S/C29H54N2P2Si/c1-27(2,3)33(28(4,5)6)21-22-16-17-23(34(7,8)9)20-24(22)29(32,25-14-10-12-18-30-25)26-15-11-13-19-31-26/h16-17,20,25-26,30-31H,10-15,18-19,21,32H2,1-9H3. The highest BCUT2D eigenvalue weighted by Crippen LogP contribution is 2.62. The second-order valence-electron chi connectivity index (χ2n) is 14.0. The molecule has 0 radical (unpaired) electrons. The van der Waals surface area contributed by atoms with Gasteiger partial charge in [-0.2, -0.15) is 0 Å². The van der Waals surface area contributed by atoms with Gasteiger partial charge in [-0.15, -0.1) is 9.24 Å². The molecule has 0 aromatic heterocycles. The maximum Gasteiger partial charge on any atom is 0.0776 e. The van der Waals surface area contributed by atoms with E-state index in [0.29, 0.717) is 22.4 Å². The summed E-state index contributed by atoms with van der Waals surface area (Å²) in [5.41, 5.74) is 3.25. The van der Waals surface area contributed by atoms with Crippen LogP contribution in [0.3, 0.4) is 0 Å². The number of benzene rings is 1. The van der Waals surface area contributed by atoms with Crippen LogP contribution in [-0.4, -0.2) is 43.6 Å². The van der Waals surface area contributed by atoms with Gasteiger partial charge in [-0.05, 0) is 66.4 Å². The van der Waals surface area contributed by atoms with Gasteiger partial charge in [-0.25, -0.2) is 0 Å². The van der Waals surface area contributed by atoms with Gasteiger partial charge in [0.1, 0.15) is 0 Å². The van der Waals surface area contributed by atoms with Crippen molar-refractivity contribution in [1.82, 2.24) is 10.6 Å². The molecule has 0 amide bonds. The lowest BCUT2D eigenvalue weighted by Gasteiger charge is -2.49. The summed E-state index contributed by atoms with van der Waals surface area (Å²) in [6.45, 7) is 24.7. The van der Waals surface area contributed by atoms with Crippen molar-refractivity contribution in [3.8, 4) is 0 Å². The molecule has 0 spiro atoms. The highest BCUT2D eigenvalue weighted by molar-refractivity contribution is 7.60. The normalized spacial score (nSPS) is 24.8. The van der Waals surface area contributed by atoms with Crippen LogP contribution >= 0.6 is 17.2 Å². The Kier molecular flexibility index (Phi) is 9.24. The molecule has 3 rings (SSSR count). The predicted molar refractivity (Wildman–Crippen MR) is 162 cm³/mol. The molecule has 0 aliphatic carbocycles. The molecule has 194 valence electrons. The second kappa shape index (κ2) is 10.9. The fourth-order valence-electron chi connectivity index (χ4n) is 6.37. The van der Waals surface area contributed by atoms with Crippen LogP contribution in [-0.2, 0) is 11.3 Å². The van der Waals surface area contributed by atoms with E-state index in [4.69, 9.17) is 0 Å². The van der Waals surface area contributed by atoms with E-state index in [1.807, 2.05) is 0 Å². The first-order valence-corrected chi connectivity index (χ1v) is 19.4. The van der Waals surface area contributed by atoms with Crippen molar-refractivity contribution >= 4 is 30.4 Å². The van der Waals surface area contributed by atoms with Crippen LogP contribution in [0.2, 0.25) is 19.6 Å². The Balaban J connectivity index is 2.19. The van der Waals surface area contributed by atoms with Crippen molar-refractivity contribution in [3.63, 3.8) is 0 Å². The molecule has 2 heterocycles. The summed E-state index contributed by atoms with van der Waals surface area (Å²) < 4.78 is 0. The van der Waals surface area contributed by atoms with Crippen molar-refractivity contribution in [2.24, 2.45) is 0 Å². The molecule has 1 aromatic rings. The van der Waals surface area contributed by atoms with Crippen LogP contribution in [0.15, 0.2) is 18.2 Å². The number of hydrogen-bond acceptors (Lipinski definition) is 2. The van der Waals surface area contributed by atoms with Crippen LogP contribution in [0.25, 0.3) is 0 Å². The third kappa shape index (κ3) is 6.55. The summed E-state index contributed by atoms with van der Waals surface area (Å²) in [7, 11) is 1.87. The third-order valence-corrected chi connectivity index (χ3v) is 15.2. The Hall–Kier alpha value is 0.217. The zero-order valence-corrected chi connectivity index (χ0v) is 26.8. The predicted octanol–water partition coefficient (Wildman–Crippen LogP) is 7.17. The minimum absolute atomic E-state index is 0.0443. The van der Waals surface area contributed by atoms with E-state index in [2.05, 4.69) is 99.3 Å². The maximum atomic E-state index is 4.01. The molecule has 2 nitrogen and oxygen atoms in total. The van der Waals surface area contributed by atoms with E-state index in [9.17, 15) is 0 Å². The molecule has 3 atom stereocenters. The zero-order chi connectivity index (χ0) is 25.4. The first kappa shape index (κ1) is 28.8. The monoisotopic (exact) mass is 520 g/mol. The van der Waals surface area contributed by atoms with Crippen LogP contribution in [0.5, 0.6) is 0 Å². The van der Waals surface area contributed by atoms with Crippen molar-refractivity contribution in [1.29, 1.82) is 0 Å². The van der Waals surface area contributed by atoms with Crippen LogP contribution in [0, 0.1) is 0 Å². The highest BCUT2D eigenvalue weighted by Gasteiger charge is 2.46. The van der Waals surface area contributed by atoms with Crippen molar-refractivity contribution < 1.29 is 0 Å². The maximum absolute atomic E-state index is 4.01. The van der Waals surface area contributed by atoms with Crippen LogP contribution in [0.1, 0.15) is 91.2 Å². The van der Waals surface area contributed by atoms with E-state index < -0.39 is 8.07 Å². The first-order valence-electron chi connectivity index (χ1n) is 13.8. The molecule has 2 fully saturated rings. The molecule has 0 bridgehead atoms. The number of rotatable bonds is 6. The minimum Gasteiger partial charge on any atom is -0.313 e. The molecule has 3 unspecified atom stereocenters. The SMILES string of the molecule is CC(C)(C)P(Cc1ccc([Si](C)(C)C)cc1C(P)(C1CCCCN1)C1CCCCN1)C(C)(C)C. The molecule has 2 aliphatic rings. The molecule has 2 aliphatic heterocycles. The Labute approximate surface area is 216 Å². The van der Waals surface area contributed by atoms with Gasteiger partial charge in [0, 0.05) is 17.2 Å². The summed E-state index contributed by atoms with van der Waals surface area (Å²) in [5.74, 6) is 0. The first-order chi connectivity index (χ1) is 15.6. The molecule has 34 heavy (non-hydrogen) atoms. The molecule has 1 aromatic carbocycles. The van der Waals surface area contributed by atoms with Gasteiger partial charge >= 0.3 is 0 Å². The molecule has 5 heteroatoms. The smallest absolute Gasteiger partial charge is 0.0776 e. The van der Waals surface area contributed by atoms with E-state index in [1.54, 1.807) is 16.3 Å². The lowest BCUT2D eigenvalue weighted by atomic mass is 9.76. The van der Waals surface area contributed by atoms with Crippen molar-refractivity contribution in [2.45, 2.75) is 133 Å². The van der Waals surface area contributed by atoms with E-state index in [0.717, 1.165) is 13.1 Å². The lowest BCUT2D eigenvalue weighted by molar-refractivity contribution is 0.238. The molecule has 2 saturated heterocycles. The molecular formula is C29H54N2P2Si. The fraction of sp³-hybridized carbons (Fsp3) is 0.793. The van der Waals surface area contributed by atoms with Gasteiger partial charge in [0.05, 0.1) is 8.07 Å². The van der Waals surface area contributed by atoms with Crippen LogP contribution < -0.4 is 15.8 Å². The number of piperidine rings is 2.